The number of ether oxygens (including phenoxy) is 4. The fourth-order valence-corrected chi connectivity index (χ4v) is 9.05. The minimum absolute atomic E-state index is 0.0235. The second-order valence-electron chi connectivity index (χ2n) is 14.3. The van der Waals surface area contributed by atoms with Crippen LogP contribution < -0.4 is 5.73 Å². The minimum Gasteiger partial charge on any atom is -0.432 e. The SMILES string of the molecule is CC1(C)O[C@H]2CC3C4C[C@H](F)C5=CC(=O)C=C[C@]5(C)[C@@]4(F)[C@@H](O)C[C@]3(C)[C@@]2(C(=O)COC(=O)OC[C@H](N)C(=O)CCCCO[N+](=O)[O-])O1. The number of fused-ring (bicyclic) bond motifs is 7. The first-order valence-corrected chi connectivity index (χ1v) is 16.0. The van der Waals surface area contributed by atoms with Crippen LogP contribution in [0.2, 0.25) is 0 Å². The zero-order valence-electron chi connectivity index (χ0n) is 27.3. The van der Waals surface area contributed by atoms with Crippen molar-refractivity contribution in [3.05, 3.63) is 33.9 Å². The number of unbranched alkanes of at least 4 members (excludes halogenated alkanes) is 1. The van der Waals surface area contributed by atoms with Crippen LogP contribution in [0.15, 0.2) is 23.8 Å². The highest BCUT2D eigenvalue weighted by Crippen LogP contribution is 2.72. The van der Waals surface area contributed by atoms with E-state index in [0.717, 1.165) is 6.08 Å². The molecule has 0 radical (unpaired) electrons. The van der Waals surface area contributed by atoms with E-state index in [1.54, 1.807) is 20.8 Å². The first kappa shape index (κ1) is 36.0. The van der Waals surface area contributed by atoms with Gasteiger partial charge in [0.2, 0.25) is 5.78 Å². The summed E-state index contributed by atoms with van der Waals surface area (Å²) in [6.45, 7) is 4.77. The molecule has 1 heterocycles. The number of aliphatic hydroxyl groups excluding tert-OH is 1. The lowest BCUT2D eigenvalue weighted by molar-refractivity contribution is -0.757. The molecule has 3 N–H and O–H groups in total. The van der Waals surface area contributed by atoms with E-state index in [4.69, 9.17) is 24.7 Å². The Kier molecular flexibility index (Phi) is 9.38. The molecule has 48 heavy (non-hydrogen) atoms. The van der Waals surface area contributed by atoms with Crippen molar-refractivity contribution in [2.45, 2.75) is 108 Å². The van der Waals surface area contributed by atoms with E-state index in [2.05, 4.69) is 4.84 Å². The highest BCUT2D eigenvalue weighted by atomic mass is 19.1. The Bertz CT molecular complexity index is 1440. The summed E-state index contributed by atoms with van der Waals surface area (Å²) < 4.78 is 55.9. The topological polar surface area (TPSA) is 204 Å². The smallest absolute Gasteiger partial charge is 0.432 e. The number of aliphatic hydroxyl groups is 1. The third-order valence-corrected chi connectivity index (χ3v) is 11.2. The molecule has 0 bridgehead atoms. The predicted octanol–water partition coefficient (Wildman–Crippen LogP) is 2.80. The maximum Gasteiger partial charge on any atom is 0.508 e. The summed E-state index contributed by atoms with van der Waals surface area (Å²) in [4.78, 5) is 65.3. The number of rotatable bonds is 12. The van der Waals surface area contributed by atoms with Gasteiger partial charge >= 0.3 is 6.16 Å². The van der Waals surface area contributed by atoms with Crippen molar-refractivity contribution in [3.8, 4) is 0 Å². The Morgan fingerprint density at radius 1 is 1.17 bits per heavy atom. The lowest BCUT2D eigenvalue weighted by atomic mass is 9.44. The average Bonchev–Trinajstić information content (AvgIpc) is 3.42. The first-order valence-electron chi connectivity index (χ1n) is 16.0. The molecule has 14 nitrogen and oxygen atoms in total. The molecule has 5 aliphatic rings. The Balaban J connectivity index is 1.29. The molecule has 2 unspecified atom stereocenters. The summed E-state index contributed by atoms with van der Waals surface area (Å²) in [6.07, 6.45) is -2.02. The number of nitrogens with zero attached hydrogens (tertiary/aromatic N) is 1. The van der Waals surface area contributed by atoms with Crippen molar-refractivity contribution in [2.24, 2.45) is 28.4 Å². The Morgan fingerprint density at radius 3 is 2.56 bits per heavy atom. The Morgan fingerprint density at radius 2 is 1.88 bits per heavy atom. The first-order chi connectivity index (χ1) is 22.3. The van der Waals surface area contributed by atoms with Crippen molar-refractivity contribution < 1.29 is 61.9 Å². The number of carbonyl (C=O) groups excluding carboxylic acids is 4. The highest BCUT2D eigenvalue weighted by Gasteiger charge is 2.80. The molecule has 266 valence electrons. The summed E-state index contributed by atoms with van der Waals surface area (Å²) in [6, 6.07) is -1.21. The van der Waals surface area contributed by atoms with Crippen LogP contribution in [0.5, 0.6) is 0 Å². The van der Waals surface area contributed by atoms with Gasteiger partial charge in [0, 0.05) is 23.2 Å². The van der Waals surface area contributed by atoms with Gasteiger partial charge < -0.3 is 34.6 Å². The number of hydrogen-bond acceptors (Lipinski definition) is 13. The molecule has 0 aromatic heterocycles. The van der Waals surface area contributed by atoms with Crippen LogP contribution in [0.25, 0.3) is 0 Å². The lowest BCUT2D eigenvalue weighted by Gasteiger charge is -2.63. The van der Waals surface area contributed by atoms with Gasteiger partial charge in [0.15, 0.2) is 35.2 Å². The molecule has 1 aliphatic heterocycles. The normalized spacial score (nSPS) is 39.6. The van der Waals surface area contributed by atoms with Gasteiger partial charge in [0.25, 0.3) is 5.09 Å². The van der Waals surface area contributed by atoms with Crippen LogP contribution in [0, 0.1) is 32.8 Å². The number of Topliss-reactive ketones (excluding diaryl/α,β-unsaturated/α-hetero) is 2. The molecular formula is C32H42F2N2O12. The molecule has 5 rings (SSSR count). The number of allylic oxidation sites excluding steroid dienone is 4. The molecule has 10 atom stereocenters. The summed E-state index contributed by atoms with van der Waals surface area (Å²) in [5, 5.41) is 20.9. The molecule has 4 aliphatic carbocycles. The van der Waals surface area contributed by atoms with Crippen LogP contribution in [-0.2, 0) is 38.2 Å². The van der Waals surface area contributed by atoms with E-state index in [1.165, 1.54) is 19.1 Å². The lowest BCUT2D eigenvalue weighted by Crippen LogP contribution is -2.71. The molecule has 1 saturated heterocycles. The number of halogens is 2. The molecule has 0 amide bonds. The molecule has 0 spiro atoms. The second-order valence-corrected chi connectivity index (χ2v) is 14.3. The van der Waals surface area contributed by atoms with Gasteiger partial charge in [-0.05, 0) is 76.5 Å². The third-order valence-electron chi connectivity index (χ3n) is 11.2. The largest absolute Gasteiger partial charge is 0.508 e. The third kappa shape index (κ3) is 5.63. The van der Waals surface area contributed by atoms with Crippen LogP contribution in [0.1, 0.15) is 66.2 Å². The summed E-state index contributed by atoms with van der Waals surface area (Å²) in [5.41, 5.74) is -1.32. The fourth-order valence-electron chi connectivity index (χ4n) is 9.05. The van der Waals surface area contributed by atoms with Crippen molar-refractivity contribution in [1.29, 1.82) is 0 Å². The summed E-state index contributed by atoms with van der Waals surface area (Å²) >= 11 is 0. The van der Waals surface area contributed by atoms with Gasteiger partial charge in [-0.1, -0.05) is 13.0 Å². The van der Waals surface area contributed by atoms with E-state index < -0.39 is 106 Å². The van der Waals surface area contributed by atoms with Crippen molar-refractivity contribution in [2.75, 3.05) is 19.8 Å². The highest BCUT2D eigenvalue weighted by molar-refractivity contribution is 6.01. The van der Waals surface area contributed by atoms with Gasteiger partial charge in [-0.2, -0.15) is 0 Å². The average molecular weight is 685 g/mol. The van der Waals surface area contributed by atoms with Crippen LogP contribution in [0.4, 0.5) is 13.6 Å². The van der Waals surface area contributed by atoms with Gasteiger partial charge in [0.05, 0.1) is 24.9 Å². The second kappa shape index (κ2) is 12.5. The van der Waals surface area contributed by atoms with Crippen LogP contribution >= 0.6 is 0 Å². The Labute approximate surface area is 275 Å². The van der Waals surface area contributed by atoms with E-state index in [-0.39, 0.29) is 50.7 Å². The van der Waals surface area contributed by atoms with E-state index in [0.29, 0.717) is 0 Å². The maximum absolute atomic E-state index is 17.5. The predicted molar refractivity (Wildman–Crippen MR) is 159 cm³/mol. The van der Waals surface area contributed by atoms with Gasteiger partial charge in [0.1, 0.15) is 12.8 Å². The minimum atomic E-state index is -2.37. The number of nitrogens with two attached hydrogens (primary N) is 1. The van der Waals surface area contributed by atoms with E-state index in [9.17, 15) is 34.4 Å². The van der Waals surface area contributed by atoms with E-state index >= 15 is 8.78 Å². The quantitative estimate of drug-likeness (QED) is 0.132. The van der Waals surface area contributed by atoms with Crippen molar-refractivity contribution >= 4 is 23.5 Å². The van der Waals surface area contributed by atoms with Crippen LogP contribution in [0.3, 0.4) is 0 Å². The van der Waals surface area contributed by atoms with Crippen molar-refractivity contribution in [3.63, 3.8) is 0 Å². The van der Waals surface area contributed by atoms with Gasteiger partial charge in [-0.25, -0.2) is 13.6 Å². The van der Waals surface area contributed by atoms with E-state index in [1.807, 2.05) is 0 Å². The molecular weight excluding hydrogens is 642 g/mol. The molecule has 0 aromatic rings. The fraction of sp³-hybridized carbons (Fsp3) is 0.750. The summed E-state index contributed by atoms with van der Waals surface area (Å²) in [7, 11) is 0. The Hall–Kier alpha value is -3.34. The maximum atomic E-state index is 17.5. The van der Waals surface area contributed by atoms with Gasteiger partial charge in [-0.15, -0.1) is 10.1 Å². The monoisotopic (exact) mass is 684 g/mol. The molecule has 3 saturated carbocycles. The van der Waals surface area contributed by atoms with Crippen molar-refractivity contribution in [1.82, 2.24) is 0 Å². The zero-order chi connectivity index (χ0) is 35.4. The molecule has 16 heteroatoms. The zero-order valence-corrected chi connectivity index (χ0v) is 27.3. The van der Waals surface area contributed by atoms with Gasteiger partial charge in [-0.3, -0.25) is 14.4 Å². The molecule has 4 fully saturated rings. The molecule has 0 aromatic carbocycles. The van der Waals surface area contributed by atoms with Crippen LogP contribution in [-0.4, -0.2) is 95.0 Å². The standard InChI is InChI=1S/C32H42F2N2O12/c1-28(2)47-26-13-18-19-12-21(33)20-11-17(37)8-9-29(20,3)31(19,34)24(39)14-30(18,4)32(26,48-28)25(40)16-45-27(41)44-15-22(35)23(38)7-5-6-10-46-36(42)43/h8-9,11,18-19,21-22,24,26,39H,5-7,10,12-16,35H2,1-4H3/t18?,19?,21-,22-,24-,26-,29-,30-,31-,32-/m0/s1. The number of carbonyl (C=O) groups is 4. The number of alkyl halides is 2. The number of hydrogen-bond donors (Lipinski definition) is 2. The summed E-state index contributed by atoms with van der Waals surface area (Å²) in [5.74, 6) is -4.72. The number of ketones is 3.